The van der Waals surface area contributed by atoms with Crippen LogP contribution in [0.25, 0.3) is 0 Å². The van der Waals surface area contributed by atoms with Gasteiger partial charge in [0.25, 0.3) is 0 Å². The van der Waals surface area contributed by atoms with Crippen LogP contribution in [0, 0.1) is 0 Å². The molecular formula is C16H21N5O2. The molecule has 122 valence electrons. The molecule has 7 heteroatoms. The zero-order valence-electron chi connectivity index (χ0n) is 13.0. The summed E-state index contributed by atoms with van der Waals surface area (Å²) in [4.78, 5) is 18.2. The van der Waals surface area contributed by atoms with Gasteiger partial charge in [0.1, 0.15) is 12.7 Å². The minimum absolute atomic E-state index is 0.0410. The molecule has 3 rings (SSSR count). The maximum atomic E-state index is 12.5. The van der Waals surface area contributed by atoms with E-state index < -0.39 is 0 Å². The van der Waals surface area contributed by atoms with E-state index in [9.17, 15) is 4.79 Å². The molecule has 1 aromatic carbocycles. The first kappa shape index (κ1) is 15.5. The van der Waals surface area contributed by atoms with Gasteiger partial charge < -0.3 is 15.0 Å². The average molecular weight is 315 g/mol. The number of carbonyl (C=O) groups is 1. The number of hydrogen-bond donors (Lipinski definition) is 1. The quantitative estimate of drug-likeness (QED) is 0.906. The second kappa shape index (κ2) is 7.73. The Morgan fingerprint density at radius 1 is 1.26 bits per heavy atom. The van der Waals surface area contributed by atoms with Crippen LogP contribution in [0.5, 0.6) is 0 Å². The number of nitrogens with zero attached hydrogens (tertiary/aromatic N) is 4. The van der Waals surface area contributed by atoms with Crippen molar-refractivity contribution in [1.82, 2.24) is 25.0 Å². The summed E-state index contributed by atoms with van der Waals surface area (Å²) >= 11 is 0. The highest BCUT2D eigenvalue weighted by Crippen LogP contribution is 2.18. The highest BCUT2D eigenvalue weighted by molar-refractivity contribution is 5.74. The van der Waals surface area contributed by atoms with E-state index in [2.05, 4.69) is 15.4 Å². The number of benzene rings is 1. The highest BCUT2D eigenvalue weighted by Gasteiger charge is 2.21. The zero-order chi connectivity index (χ0) is 15.9. The Bertz CT molecular complexity index is 596. The Balaban J connectivity index is 1.65. The van der Waals surface area contributed by atoms with Crippen LogP contribution in [0.3, 0.4) is 0 Å². The molecule has 0 radical (unpaired) electrons. The molecule has 0 bridgehead atoms. The number of hydrogen-bond acceptors (Lipinski definition) is 4. The molecule has 23 heavy (non-hydrogen) atoms. The van der Waals surface area contributed by atoms with Crippen LogP contribution in [-0.2, 0) is 11.3 Å². The Hall–Kier alpha value is -2.41. The van der Waals surface area contributed by atoms with Gasteiger partial charge in [0.05, 0.1) is 19.3 Å². The standard InChI is InChI=1S/C16H21N5O2/c22-16(20-8-10-23-11-9-20)19-15(14-4-2-1-3-5-14)6-7-21-13-17-12-18-21/h1-5,12-13,15H,6-11H2,(H,19,22)/t15-/m1/s1. The normalized spacial score (nSPS) is 16.1. The molecule has 1 N–H and O–H groups in total. The fourth-order valence-corrected chi connectivity index (χ4v) is 2.62. The molecule has 1 saturated heterocycles. The van der Waals surface area contributed by atoms with E-state index in [4.69, 9.17) is 4.74 Å². The zero-order valence-corrected chi connectivity index (χ0v) is 13.0. The molecular weight excluding hydrogens is 294 g/mol. The second-order valence-corrected chi connectivity index (χ2v) is 5.46. The lowest BCUT2D eigenvalue weighted by Crippen LogP contribution is -2.47. The topological polar surface area (TPSA) is 72.3 Å². The number of urea groups is 1. The average Bonchev–Trinajstić information content (AvgIpc) is 3.13. The monoisotopic (exact) mass is 315 g/mol. The van der Waals surface area contributed by atoms with E-state index in [1.165, 1.54) is 6.33 Å². The van der Waals surface area contributed by atoms with Gasteiger partial charge in [-0.15, -0.1) is 0 Å². The lowest BCUT2D eigenvalue weighted by molar-refractivity contribution is 0.0523. The molecule has 0 spiro atoms. The Kier molecular flexibility index (Phi) is 5.21. The molecule has 1 aliphatic rings. The first-order valence-electron chi connectivity index (χ1n) is 7.83. The lowest BCUT2D eigenvalue weighted by atomic mass is 10.0. The number of ether oxygens (including phenoxy) is 1. The first-order valence-corrected chi connectivity index (χ1v) is 7.83. The smallest absolute Gasteiger partial charge is 0.318 e. The predicted octanol–water partition coefficient (Wildman–Crippen LogP) is 1.45. The summed E-state index contributed by atoms with van der Waals surface area (Å²) in [6.45, 7) is 3.17. The van der Waals surface area contributed by atoms with E-state index in [1.54, 1.807) is 15.9 Å². The minimum atomic E-state index is -0.0595. The molecule has 7 nitrogen and oxygen atoms in total. The van der Waals surface area contributed by atoms with Crippen LogP contribution in [0.15, 0.2) is 43.0 Å². The van der Waals surface area contributed by atoms with Gasteiger partial charge in [-0.25, -0.2) is 9.78 Å². The minimum Gasteiger partial charge on any atom is -0.378 e. The third kappa shape index (κ3) is 4.29. The van der Waals surface area contributed by atoms with Crippen molar-refractivity contribution in [3.05, 3.63) is 48.5 Å². The van der Waals surface area contributed by atoms with Crippen molar-refractivity contribution in [3.8, 4) is 0 Å². The Morgan fingerprint density at radius 3 is 2.74 bits per heavy atom. The van der Waals surface area contributed by atoms with Crippen molar-refractivity contribution in [2.45, 2.75) is 19.0 Å². The third-order valence-corrected chi connectivity index (χ3v) is 3.91. The molecule has 1 fully saturated rings. The van der Waals surface area contributed by atoms with E-state index >= 15 is 0 Å². The Morgan fingerprint density at radius 2 is 2.04 bits per heavy atom. The van der Waals surface area contributed by atoms with Crippen LogP contribution < -0.4 is 5.32 Å². The van der Waals surface area contributed by atoms with Gasteiger partial charge in [0.15, 0.2) is 0 Å². The molecule has 2 heterocycles. The van der Waals surface area contributed by atoms with Crippen molar-refractivity contribution in [3.63, 3.8) is 0 Å². The van der Waals surface area contributed by atoms with Crippen molar-refractivity contribution >= 4 is 6.03 Å². The summed E-state index contributed by atoms with van der Waals surface area (Å²) in [5.74, 6) is 0. The van der Waals surface area contributed by atoms with Gasteiger partial charge in [-0.1, -0.05) is 30.3 Å². The third-order valence-electron chi connectivity index (χ3n) is 3.91. The molecule has 0 saturated carbocycles. The molecule has 0 unspecified atom stereocenters. The molecule has 1 atom stereocenters. The van der Waals surface area contributed by atoms with E-state index in [0.29, 0.717) is 32.8 Å². The van der Waals surface area contributed by atoms with Crippen molar-refractivity contribution in [2.75, 3.05) is 26.3 Å². The summed E-state index contributed by atoms with van der Waals surface area (Å²) in [5.41, 5.74) is 1.09. The van der Waals surface area contributed by atoms with Gasteiger partial charge in [-0.3, -0.25) is 4.68 Å². The summed E-state index contributed by atoms with van der Waals surface area (Å²) in [5, 5.41) is 7.25. The predicted molar refractivity (Wildman–Crippen MR) is 84.7 cm³/mol. The van der Waals surface area contributed by atoms with Gasteiger partial charge in [0, 0.05) is 19.6 Å². The maximum Gasteiger partial charge on any atom is 0.318 e. The fraction of sp³-hybridized carbons (Fsp3) is 0.438. The van der Waals surface area contributed by atoms with E-state index in [0.717, 1.165) is 12.0 Å². The molecule has 0 aliphatic carbocycles. The van der Waals surface area contributed by atoms with Crippen molar-refractivity contribution in [2.24, 2.45) is 0 Å². The van der Waals surface area contributed by atoms with E-state index in [1.807, 2.05) is 30.3 Å². The number of aryl methyl sites for hydroxylation is 1. The highest BCUT2D eigenvalue weighted by atomic mass is 16.5. The largest absolute Gasteiger partial charge is 0.378 e. The van der Waals surface area contributed by atoms with Crippen LogP contribution in [-0.4, -0.2) is 52.0 Å². The van der Waals surface area contributed by atoms with Gasteiger partial charge in [0.2, 0.25) is 0 Å². The summed E-state index contributed by atoms with van der Waals surface area (Å²) in [6.07, 6.45) is 3.96. The number of rotatable bonds is 5. The summed E-state index contributed by atoms with van der Waals surface area (Å²) in [6, 6.07) is 9.91. The van der Waals surface area contributed by atoms with Crippen molar-refractivity contribution < 1.29 is 9.53 Å². The summed E-state index contributed by atoms with van der Waals surface area (Å²) in [7, 11) is 0. The maximum absolute atomic E-state index is 12.5. The number of aromatic nitrogens is 3. The first-order chi connectivity index (χ1) is 11.3. The molecule has 1 aromatic heterocycles. The lowest BCUT2D eigenvalue weighted by Gasteiger charge is -2.29. The number of amides is 2. The number of nitrogens with one attached hydrogen (secondary N) is 1. The number of carbonyl (C=O) groups excluding carboxylic acids is 1. The van der Waals surface area contributed by atoms with Crippen molar-refractivity contribution in [1.29, 1.82) is 0 Å². The van der Waals surface area contributed by atoms with E-state index in [-0.39, 0.29) is 12.1 Å². The van der Waals surface area contributed by atoms with Crippen LogP contribution in [0.2, 0.25) is 0 Å². The van der Waals surface area contributed by atoms with Gasteiger partial charge in [-0.2, -0.15) is 5.10 Å². The van der Waals surface area contributed by atoms with Crippen LogP contribution >= 0.6 is 0 Å². The second-order valence-electron chi connectivity index (χ2n) is 5.46. The van der Waals surface area contributed by atoms with Crippen LogP contribution in [0.4, 0.5) is 4.79 Å². The SMILES string of the molecule is O=C(N[C@H](CCn1cncn1)c1ccccc1)N1CCOCC1. The fourth-order valence-electron chi connectivity index (χ4n) is 2.62. The molecule has 2 amide bonds. The molecule has 1 aliphatic heterocycles. The Labute approximate surface area is 135 Å². The summed E-state index contributed by atoms with van der Waals surface area (Å²) < 4.78 is 7.07. The molecule has 2 aromatic rings. The van der Waals surface area contributed by atoms with Gasteiger partial charge in [-0.05, 0) is 12.0 Å². The number of morpholine rings is 1. The van der Waals surface area contributed by atoms with Crippen LogP contribution in [0.1, 0.15) is 18.0 Å². The van der Waals surface area contributed by atoms with Gasteiger partial charge >= 0.3 is 6.03 Å².